The SMILES string of the molecule is c1ccc(-c2c[se]cc2-c2ccccc2)cc1. The molecule has 0 spiro atoms. The van der Waals surface area contributed by atoms with Gasteiger partial charge >= 0.3 is 107 Å². The minimum atomic E-state index is 0.496. The van der Waals surface area contributed by atoms with Gasteiger partial charge in [-0.05, 0) is 0 Å². The molecule has 0 saturated carbocycles. The summed E-state index contributed by atoms with van der Waals surface area (Å²) in [6.07, 6.45) is 0. The van der Waals surface area contributed by atoms with E-state index < -0.39 is 0 Å². The van der Waals surface area contributed by atoms with Gasteiger partial charge in [0.05, 0.1) is 0 Å². The third-order valence-electron chi connectivity index (χ3n) is 2.83. The van der Waals surface area contributed by atoms with E-state index in [0.717, 1.165) is 0 Å². The van der Waals surface area contributed by atoms with Crippen LogP contribution in [-0.4, -0.2) is 14.5 Å². The van der Waals surface area contributed by atoms with Crippen LogP contribution in [0.25, 0.3) is 22.3 Å². The molecule has 0 saturated heterocycles. The molecule has 1 heterocycles. The Labute approximate surface area is 107 Å². The number of benzene rings is 2. The maximum absolute atomic E-state index is 2.37. The van der Waals surface area contributed by atoms with Crippen LogP contribution in [-0.2, 0) is 0 Å². The Morgan fingerprint density at radius 1 is 0.529 bits per heavy atom. The second-order valence-electron chi connectivity index (χ2n) is 3.93. The van der Waals surface area contributed by atoms with Gasteiger partial charge in [-0.25, -0.2) is 0 Å². The average molecular weight is 283 g/mol. The van der Waals surface area contributed by atoms with Gasteiger partial charge < -0.3 is 0 Å². The van der Waals surface area contributed by atoms with E-state index in [1.54, 1.807) is 0 Å². The molecule has 17 heavy (non-hydrogen) atoms. The number of hydrogen-bond acceptors (Lipinski definition) is 0. The summed E-state index contributed by atoms with van der Waals surface area (Å²) in [7, 11) is 0. The van der Waals surface area contributed by atoms with Gasteiger partial charge in [0.1, 0.15) is 0 Å². The third kappa shape index (κ3) is 2.12. The van der Waals surface area contributed by atoms with Crippen molar-refractivity contribution in [2.24, 2.45) is 0 Å². The molecule has 1 heteroatoms. The second kappa shape index (κ2) is 4.75. The van der Waals surface area contributed by atoms with Crippen molar-refractivity contribution >= 4 is 14.5 Å². The molecule has 2 aromatic carbocycles. The van der Waals surface area contributed by atoms with Gasteiger partial charge in [-0.3, -0.25) is 0 Å². The van der Waals surface area contributed by atoms with Crippen LogP contribution in [0.15, 0.2) is 70.5 Å². The van der Waals surface area contributed by atoms with Crippen molar-refractivity contribution in [1.29, 1.82) is 0 Å². The summed E-state index contributed by atoms with van der Waals surface area (Å²) >= 11 is 0.496. The van der Waals surface area contributed by atoms with E-state index in [1.807, 2.05) is 0 Å². The predicted octanol–water partition coefficient (Wildman–Crippen LogP) is 4.08. The predicted molar refractivity (Wildman–Crippen MR) is 74.3 cm³/mol. The van der Waals surface area contributed by atoms with Gasteiger partial charge in [0.2, 0.25) is 0 Å². The fraction of sp³-hybridized carbons (Fsp3) is 0. The zero-order chi connectivity index (χ0) is 11.5. The van der Waals surface area contributed by atoms with Crippen molar-refractivity contribution in [2.45, 2.75) is 0 Å². The van der Waals surface area contributed by atoms with Crippen LogP contribution < -0.4 is 0 Å². The first kappa shape index (κ1) is 10.6. The molecular formula is C16H12Se. The van der Waals surface area contributed by atoms with E-state index in [1.165, 1.54) is 22.3 Å². The molecule has 3 rings (SSSR count). The first-order valence-corrected chi connectivity index (χ1v) is 7.60. The molecule has 0 radical (unpaired) electrons. The Morgan fingerprint density at radius 3 is 1.35 bits per heavy atom. The van der Waals surface area contributed by atoms with Crippen LogP contribution in [0.1, 0.15) is 0 Å². The van der Waals surface area contributed by atoms with Gasteiger partial charge in [0.25, 0.3) is 0 Å². The topological polar surface area (TPSA) is 0 Å². The molecule has 0 unspecified atom stereocenters. The van der Waals surface area contributed by atoms with Gasteiger partial charge in [-0.2, -0.15) is 0 Å². The molecule has 3 aromatic rings. The molecule has 1 aromatic heterocycles. The molecule has 0 N–H and O–H groups in total. The van der Waals surface area contributed by atoms with E-state index >= 15 is 0 Å². The molecule has 0 aliphatic carbocycles. The molecule has 0 atom stereocenters. The fourth-order valence-corrected chi connectivity index (χ4v) is 3.80. The Hall–Kier alpha value is -1.56. The molecule has 0 fully saturated rings. The maximum atomic E-state index is 2.37. The number of hydrogen-bond donors (Lipinski definition) is 0. The molecule has 0 nitrogen and oxygen atoms in total. The van der Waals surface area contributed by atoms with E-state index in [-0.39, 0.29) is 0 Å². The molecule has 0 bridgehead atoms. The van der Waals surface area contributed by atoms with Crippen LogP contribution in [0.4, 0.5) is 0 Å². The van der Waals surface area contributed by atoms with Gasteiger partial charge in [-0.15, -0.1) is 0 Å². The van der Waals surface area contributed by atoms with Crippen molar-refractivity contribution < 1.29 is 0 Å². The van der Waals surface area contributed by atoms with Crippen LogP contribution in [0, 0.1) is 0 Å². The minimum absolute atomic E-state index is 0.496. The zero-order valence-corrected chi connectivity index (χ0v) is 11.0. The Kier molecular flexibility index (Phi) is 2.96. The summed E-state index contributed by atoms with van der Waals surface area (Å²) in [5.74, 6) is 0. The summed E-state index contributed by atoms with van der Waals surface area (Å²) < 4.78 is 0. The Balaban J connectivity index is 2.13. The van der Waals surface area contributed by atoms with Crippen LogP contribution in [0.5, 0.6) is 0 Å². The van der Waals surface area contributed by atoms with Crippen molar-refractivity contribution in [3.63, 3.8) is 0 Å². The third-order valence-corrected chi connectivity index (χ3v) is 4.39. The molecule has 0 aliphatic rings. The van der Waals surface area contributed by atoms with Gasteiger partial charge in [-0.1, -0.05) is 0 Å². The van der Waals surface area contributed by atoms with Crippen molar-refractivity contribution in [2.75, 3.05) is 0 Å². The first-order valence-electron chi connectivity index (χ1n) is 5.62. The summed E-state index contributed by atoms with van der Waals surface area (Å²) in [5, 5.41) is 0. The number of rotatable bonds is 2. The Morgan fingerprint density at radius 2 is 0.941 bits per heavy atom. The van der Waals surface area contributed by atoms with Crippen molar-refractivity contribution in [3.05, 3.63) is 70.5 Å². The molecular weight excluding hydrogens is 271 g/mol. The van der Waals surface area contributed by atoms with E-state index in [0.29, 0.717) is 14.5 Å². The molecule has 82 valence electrons. The van der Waals surface area contributed by atoms with Gasteiger partial charge in [0, 0.05) is 0 Å². The van der Waals surface area contributed by atoms with E-state index in [9.17, 15) is 0 Å². The normalized spacial score (nSPS) is 10.4. The molecule has 0 aliphatic heterocycles. The first-order chi connectivity index (χ1) is 8.45. The summed E-state index contributed by atoms with van der Waals surface area (Å²) in [6.45, 7) is 0. The standard InChI is InChI=1S/C16H12Se/c1-3-7-13(8-4-1)15-11-17-12-16(15)14-9-5-2-6-10-14/h1-12H. The zero-order valence-electron chi connectivity index (χ0n) is 9.34. The summed E-state index contributed by atoms with van der Waals surface area (Å²) in [5.41, 5.74) is 5.41. The van der Waals surface area contributed by atoms with Gasteiger partial charge in [0.15, 0.2) is 0 Å². The second-order valence-corrected chi connectivity index (χ2v) is 5.49. The quantitative estimate of drug-likeness (QED) is 0.622. The Bertz CT molecular complexity index is 540. The van der Waals surface area contributed by atoms with Crippen LogP contribution >= 0.6 is 0 Å². The van der Waals surface area contributed by atoms with E-state index in [4.69, 9.17) is 0 Å². The van der Waals surface area contributed by atoms with Crippen molar-refractivity contribution in [3.8, 4) is 22.3 Å². The van der Waals surface area contributed by atoms with Crippen molar-refractivity contribution in [1.82, 2.24) is 0 Å². The summed E-state index contributed by atoms with van der Waals surface area (Å²) in [6, 6.07) is 21.3. The average Bonchev–Trinajstić information content (AvgIpc) is 2.90. The van der Waals surface area contributed by atoms with E-state index in [2.05, 4.69) is 70.5 Å². The monoisotopic (exact) mass is 284 g/mol. The summed E-state index contributed by atoms with van der Waals surface area (Å²) in [4.78, 5) is 4.73. The molecule has 0 amide bonds. The van der Waals surface area contributed by atoms with Crippen LogP contribution in [0.3, 0.4) is 0 Å². The van der Waals surface area contributed by atoms with Crippen LogP contribution in [0.2, 0.25) is 0 Å². The fourth-order valence-electron chi connectivity index (χ4n) is 1.98.